The van der Waals surface area contributed by atoms with Crippen molar-refractivity contribution in [3.8, 4) is 6.07 Å². The van der Waals surface area contributed by atoms with Gasteiger partial charge in [-0.2, -0.15) is 5.26 Å². The van der Waals surface area contributed by atoms with Crippen LogP contribution in [0, 0.1) is 11.3 Å². The monoisotopic (exact) mass is 292 g/mol. The molecule has 0 unspecified atom stereocenters. The van der Waals surface area contributed by atoms with Crippen LogP contribution in [0.3, 0.4) is 0 Å². The van der Waals surface area contributed by atoms with E-state index in [2.05, 4.69) is 0 Å². The number of amides is 4. The van der Waals surface area contributed by atoms with E-state index in [1.165, 1.54) is 6.92 Å². The third-order valence-electron chi connectivity index (χ3n) is 2.96. The summed E-state index contributed by atoms with van der Waals surface area (Å²) in [6.45, 7) is 2.70. The van der Waals surface area contributed by atoms with Crippen LogP contribution in [0.1, 0.15) is 26.7 Å². The number of Topliss-reactive ketones (excluding diaryl/α,β-unsaturated/α-hetero) is 1. The molecule has 8 heteroatoms. The van der Waals surface area contributed by atoms with Crippen LogP contribution in [0.25, 0.3) is 0 Å². The standard InChI is InChI=1S/C13H16N4O4/c1-3-4-5-16-11(19)12(20)17(13(16)21)7-10(18)9(6-14)8(2)15/h3-5,7,15H2,1-2H3. The molecule has 1 saturated heterocycles. The SMILES string of the molecule is CCCCN1C(=O)C(=O)N(CC(=O)C(C#N)=C(C)N)C1=O. The number of nitriles is 1. The van der Waals surface area contributed by atoms with Crippen molar-refractivity contribution >= 4 is 23.6 Å². The first-order valence-corrected chi connectivity index (χ1v) is 6.42. The Morgan fingerprint density at radius 1 is 1.24 bits per heavy atom. The Morgan fingerprint density at radius 2 is 1.81 bits per heavy atom. The Hall–Kier alpha value is -2.69. The molecule has 0 aromatic rings. The molecule has 1 fully saturated rings. The van der Waals surface area contributed by atoms with Crippen molar-refractivity contribution in [2.24, 2.45) is 5.73 Å². The number of hydrogen-bond acceptors (Lipinski definition) is 6. The molecule has 0 bridgehead atoms. The van der Waals surface area contributed by atoms with E-state index >= 15 is 0 Å². The zero-order chi connectivity index (χ0) is 16.2. The Kier molecular flexibility index (Phi) is 5.18. The number of carbonyl (C=O) groups excluding carboxylic acids is 4. The van der Waals surface area contributed by atoms with E-state index in [1.807, 2.05) is 6.92 Å². The summed E-state index contributed by atoms with van der Waals surface area (Å²) in [5, 5.41) is 8.82. The van der Waals surface area contributed by atoms with Crippen LogP contribution in [-0.4, -0.2) is 46.5 Å². The first-order valence-electron chi connectivity index (χ1n) is 6.42. The number of ketones is 1. The first kappa shape index (κ1) is 16.4. The van der Waals surface area contributed by atoms with Gasteiger partial charge in [-0.25, -0.2) is 9.69 Å². The van der Waals surface area contributed by atoms with Gasteiger partial charge in [0.1, 0.15) is 11.6 Å². The van der Waals surface area contributed by atoms with Crippen molar-refractivity contribution in [2.75, 3.05) is 13.1 Å². The lowest BCUT2D eigenvalue weighted by Gasteiger charge is -2.14. The highest BCUT2D eigenvalue weighted by molar-refractivity contribution is 6.45. The molecular formula is C13H16N4O4. The van der Waals surface area contributed by atoms with Gasteiger partial charge in [0.05, 0.1) is 6.54 Å². The Labute approximate surface area is 121 Å². The quantitative estimate of drug-likeness (QED) is 0.315. The molecule has 0 spiro atoms. The molecule has 0 saturated carbocycles. The fraction of sp³-hybridized carbons (Fsp3) is 0.462. The molecule has 0 radical (unpaired) electrons. The number of urea groups is 1. The van der Waals surface area contributed by atoms with Crippen LogP contribution >= 0.6 is 0 Å². The van der Waals surface area contributed by atoms with E-state index in [1.54, 1.807) is 6.07 Å². The predicted octanol–water partition coefficient (Wildman–Crippen LogP) is -0.0973. The second-order valence-corrected chi connectivity index (χ2v) is 4.58. The smallest absolute Gasteiger partial charge is 0.334 e. The normalized spacial score (nSPS) is 16.1. The van der Waals surface area contributed by atoms with Gasteiger partial charge in [-0.15, -0.1) is 0 Å². The van der Waals surface area contributed by atoms with Gasteiger partial charge in [0, 0.05) is 12.2 Å². The van der Waals surface area contributed by atoms with Crippen molar-refractivity contribution in [3.05, 3.63) is 11.3 Å². The van der Waals surface area contributed by atoms with Crippen molar-refractivity contribution in [3.63, 3.8) is 0 Å². The van der Waals surface area contributed by atoms with E-state index in [0.717, 1.165) is 11.3 Å². The number of allylic oxidation sites excluding steroid dienone is 1. The van der Waals surface area contributed by atoms with Gasteiger partial charge in [0.25, 0.3) is 0 Å². The molecule has 0 aromatic carbocycles. The topological polar surface area (TPSA) is 125 Å². The highest BCUT2D eigenvalue weighted by Gasteiger charge is 2.44. The fourth-order valence-electron chi connectivity index (χ4n) is 1.80. The molecule has 1 aliphatic heterocycles. The number of nitrogens with zero attached hydrogens (tertiary/aromatic N) is 3. The van der Waals surface area contributed by atoms with E-state index in [9.17, 15) is 19.2 Å². The zero-order valence-electron chi connectivity index (χ0n) is 11.9. The molecule has 4 amide bonds. The van der Waals surface area contributed by atoms with Crippen LogP contribution in [0.15, 0.2) is 11.3 Å². The maximum atomic E-state index is 12.0. The number of carbonyl (C=O) groups is 4. The minimum absolute atomic E-state index is 0.00393. The van der Waals surface area contributed by atoms with E-state index in [0.29, 0.717) is 11.3 Å². The highest BCUT2D eigenvalue weighted by Crippen LogP contribution is 2.14. The van der Waals surface area contributed by atoms with Crippen molar-refractivity contribution in [1.29, 1.82) is 5.26 Å². The van der Waals surface area contributed by atoms with Crippen LogP contribution in [0.2, 0.25) is 0 Å². The van der Waals surface area contributed by atoms with Gasteiger partial charge < -0.3 is 5.73 Å². The van der Waals surface area contributed by atoms with Crippen LogP contribution < -0.4 is 5.73 Å². The van der Waals surface area contributed by atoms with E-state index in [4.69, 9.17) is 11.0 Å². The lowest BCUT2D eigenvalue weighted by Crippen LogP contribution is -2.37. The number of imide groups is 2. The summed E-state index contributed by atoms with van der Waals surface area (Å²) in [7, 11) is 0. The number of unbranched alkanes of at least 4 members (excludes halogenated alkanes) is 1. The number of rotatable bonds is 6. The molecule has 1 rings (SSSR count). The van der Waals surface area contributed by atoms with Crippen molar-refractivity contribution in [1.82, 2.24) is 9.80 Å². The molecule has 8 nitrogen and oxygen atoms in total. The van der Waals surface area contributed by atoms with Crippen LogP contribution in [0.5, 0.6) is 0 Å². The second-order valence-electron chi connectivity index (χ2n) is 4.58. The van der Waals surface area contributed by atoms with Crippen LogP contribution in [-0.2, 0) is 14.4 Å². The predicted molar refractivity (Wildman–Crippen MR) is 71.2 cm³/mol. The van der Waals surface area contributed by atoms with Crippen LogP contribution in [0.4, 0.5) is 4.79 Å². The molecule has 2 N–H and O–H groups in total. The van der Waals surface area contributed by atoms with Gasteiger partial charge in [0.2, 0.25) is 0 Å². The first-order chi connectivity index (χ1) is 9.84. The summed E-state index contributed by atoms with van der Waals surface area (Å²) in [4.78, 5) is 48.6. The summed E-state index contributed by atoms with van der Waals surface area (Å²) in [6, 6.07) is 0.784. The number of hydrogen-bond donors (Lipinski definition) is 1. The Balaban J connectivity index is 2.91. The highest BCUT2D eigenvalue weighted by atomic mass is 16.2. The van der Waals surface area contributed by atoms with Gasteiger partial charge in [-0.05, 0) is 13.3 Å². The average molecular weight is 292 g/mol. The maximum absolute atomic E-state index is 12.0. The molecule has 0 aromatic heterocycles. The van der Waals surface area contributed by atoms with Gasteiger partial charge in [-0.3, -0.25) is 19.3 Å². The molecule has 112 valence electrons. The Bertz CT molecular complexity index is 569. The minimum atomic E-state index is -1.06. The van der Waals surface area contributed by atoms with Crippen molar-refractivity contribution in [2.45, 2.75) is 26.7 Å². The van der Waals surface area contributed by atoms with Gasteiger partial charge >= 0.3 is 17.8 Å². The zero-order valence-corrected chi connectivity index (χ0v) is 11.9. The third-order valence-corrected chi connectivity index (χ3v) is 2.96. The summed E-state index contributed by atoms with van der Waals surface area (Å²) < 4.78 is 0. The summed E-state index contributed by atoms with van der Waals surface area (Å²) >= 11 is 0. The molecule has 0 atom stereocenters. The summed E-state index contributed by atoms with van der Waals surface area (Å²) in [5.74, 6) is -2.78. The Morgan fingerprint density at radius 3 is 2.29 bits per heavy atom. The summed E-state index contributed by atoms with van der Waals surface area (Å²) in [6.07, 6.45) is 1.32. The largest absolute Gasteiger partial charge is 0.401 e. The van der Waals surface area contributed by atoms with Crippen molar-refractivity contribution < 1.29 is 19.2 Å². The lowest BCUT2D eigenvalue weighted by molar-refractivity contribution is -0.143. The average Bonchev–Trinajstić information content (AvgIpc) is 2.61. The third kappa shape index (κ3) is 3.25. The second kappa shape index (κ2) is 6.65. The molecular weight excluding hydrogens is 276 g/mol. The van der Waals surface area contributed by atoms with Gasteiger partial charge in [-0.1, -0.05) is 13.3 Å². The molecule has 1 heterocycles. The molecule has 1 aliphatic rings. The lowest BCUT2D eigenvalue weighted by atomic mass is 10.1. The maximum Gasteiger partial charge on any atom is 0.334 e. The minimum Gasteiger partial charge on any atom is -0.401 e. The van der Waals surface area contributed by atoms with Gasteiger partial charge in [0.15, 0.2) is 5.78 Å². The molecule has 0 aliphatic carbocycles. The van der Waals surface area contributed by atoms with E-state index in [-0.39, 0.29) is 17.8 Å². The molecule has 21 heavy (non-hydrogen) atoms. The number of nitrogens with two attached hydrogens (primary N) is 1. The fourth-order valence-corrected chi connectivity index (χ4v) is 1.80. The summed E-state index contributed by atoms with van der Waals surface area (Å²) in [5.41, 5.74) is 5.05. The van der Waals surface area contributed by atoms with E-state index < -0.39 is 30.2 Å².